The van der Waals surface area contributed by atoms with Gasteiger partial charge in [0.05, 0.1) is 25.7 Å². The van der Waals surface area contributed by atoms with Gasteiger partial charge in [0.1, 0.15) is 0 Å². The molecular weight excluding hydrogens is 316 g/mol. The van der Waals surface area contributed by atoms with Gasteiger partial charge >= 0.3 is 5.97 Å². The lowest BCUT2D eigenvalue weighted by Gasteiger charge is -2.58. The van der Waals surface area contributed by atoms with Gasteiger partial charge in [-0.05, 0) is 67.1 Å². The molecule has 1 aromatic rings. The van der Waals surface area contributed by atoms with E-state index in [4.69, 9.17) is 9.15 Å². The van der Waals surface area contributed by atoms with Crippen molar-refractivity contribution < 1.29 is 19.1 Å². The SMILES string of the molecule is COC(=O)C1=CC(O)CC2C1(C)CCC(C)C2(C)CCc1ccoc1. The molecule has 1 N–H and O–H groups in total. The summed E-state index contributed by atoms with van der Waals surface area (Å²) in [5, 5.41) is 10.4. The minimum absolute atomic E-state index is 0.0543. The van der Waals surface area contributed by atoms with Gasteiger partial charge < -0.3 is 14.3 Å². The van der Waals surface area contributed by atoms with Gasteiger partial charge in [0.25, 0.3) is 0 Å². The van der Waals surface area contributed by atoms with Gasteiger partial charge in [-0.1, -0.05) is 20.8 Å². The maximum Gasteiger partial charge on any atom is 0.334 e. The number of carbonyl (C=O) groups excluding carboxylic acids is 1. The second kappa shape index (κ2) is 6.64. The summed E-state index contributed by atoms with van der Waals surface area (Å²) in [5.41, 5.74) is 1.70. The minimum atomic E-state index is -0.578. The highest BCUT2D eigenvalue weighted by atomic mass is 16.5. The summed E-state index contributed by atoms with van der Waals surface area (Å²) in [6, 6.07) is 2.02. The van der Waals surface area contributed by atoms with E-state index in [1.165, 1.54) is 12.7 Å². The number of carbonyl (C=O) groups is 1. The number of aryl methyl sites for hydroxylation is 1. The number of furan rings is 1. The Bertz CT molecular complexity index is 647. The van der Waals surface area contributed by atoms with Crippen molar-refractivity contribution in [2.75, 3.05) is 7.11 Å². The van der Waals surface area contributed by atoms with Gasteiger partial charge in [-0.2, -0.15) is 0 Å². The number of aliphatic hydroxyl groups excluding tert-OH is 1. The number of hydrogen-bond acceptors (Lipinski definition) is 4. The largest absolute Gasteiger partial charge is 0.472 e. The fraction of sp³-hybridized carbons (Fsp3) is 0.667. The molecule has 0 spiro atoms. The van der Waals surface area contributed by atoms with E-state index < -0.39 is 6.10 Å². The van der Waals surface area contributed by atoms with Crippen molar-refractivity contribution in [3.63, 3.8) is 0 Å². The Kier molecular flexibility index (Phi) is 4.84. The van der Waals surface area contributed by atoms with Crippen LogP contribution in [0, 0.1) is 22.7 Å². The molecule has 5 atom stereocenters. The maximum atomic E-state index is 12.4. The summed E-state index contributed by atoms with van der Waals surface area (Å²) in [6.07, 6.45) is 9.42. The lowest BCUT2D eigenvalue weighted by atomic mass is 9.46. The van der Waals surface area contributed by atoms with Crippen LogP contribution < -0.4 is 0 Å². The number of aliphatic hydroxyl groups is 1. The van der Waals surface area contributed by atoms with Crippen LogP contribution in [0.25, 0.3) is 0 Å². The molecule has 2 aliphatic carbocycles. The van der Waals surface area contributed by atoms with Crippen molar-refractivity contribution in [1.29, 1.82) is 0 Å². The molecule has 0 aliphatic heterocycles. The first-order chi connectivity index (χ1) is 11.8. The zero-order valence-electron chi connectivity index (χ0n) is 15.7. The van der Waals surface area contributed by atoms with Gasteiger partial charge in [-0.25, -0.2) is 4.79 Å². The molecule has 0 saturated heterocycles. The molecule has 25 heavy (non-hydrogen) atoms. The standard InChI is InChI=1S/C21H30O4/c1-14-5-8-21(3)17(19(23)24-4)11-16(22)12-18(21)20(14,2)9-6-15-7-10-25-13-15/h7,10-11,13-14,16,18,22H,5-6,8-9,12H2,1-4H3. The third-order valence-electron chi connectivity index (χ3n) is 7.18. The molecule has 0 bridgehead atoms. The highest BCUT2D eigenvalue weighted by Crippen LogP contribution is 2.61. The molecule has 1 fully saturated rings. The smallest absolute Gasteiger partial charge is 0.334 e. The molecule has 5 unspecified atom stereocenters. The topological polar surface area (TPSA) is 59.7 Å². The van der Waals surface area contributed by atoms with E-state index in [2.05, 4.69) is 20.8 Å². The number of methoxy groups -OCH3 is 1. The second-order valence-corrected chi connectivity index (χ2v) is 8.42. The quantitative estimate of drug-likeness (QED) is 0.833. The summed E-state index contributed by atoms with van der Waals surface area (Å²) in [5.74, 6) is 0.504. The van der Waals surface area contributed by atoms with Crippen LogP contribution in [-0.2, 0) is 16.0 Å². The molecule has 0 aromatic carbocycles. The predicted molar refractivity (Wildman–Crippen MR) is 95.9 cm³/mol. The summed E-state index contributed by atoms with van der Waals surface area (Å²) >= 11 is 0. The number of fused-ring (bicyclic) bond motifs is 1. The van der Waals surface area contributed by atoms with Crippen molar-refractivity contribution >= 4 is 5.97 Å². The van der Waals surface area contributed by atoms with Gasteiger partial charge in [0.15, 0.2) is 0 Å². The molecule has 1 aromatic heterocycles. The zero-order valence-corrected chi connectivity index (χ0v) is 15.7. The number of esters is 1. The fourth-order valence-corrected chi connectivity index (χ4v) is 5.32. The molecule has 4 heteroatoms. The Morgan fingerprint density at radius 3 is 2.84 bits per heavy atom. The van der Waals surface area contributed by atoms with Crippen LogP contribution in [0.2, 0.25) is 0 Å². The first kappa shape index (κ1) is 18.2. The monoisotopic (exact) mass is 346 g/mol. The first-order valence-corrected chi connectivity index (χ1v) is 9.31. The zero-order chi connectivity index (χ0) is 18.2. The molecule has 2 aliphatic rings. The number of ether oxygens (including phenoxy) is 1. The second-order valence-electron chi connectivity index (χ2n) is 8.42. The van der Waals surface area contributed by atoms with Crippen molar-refractivity contribution in [2.24, 2.45) is 22.7 Å². The molecule has 138 valence electrons. The van der Waals surface area contributed by atoms with Crippen LogP contribution in [0.1, 0.15) is 52.0 Å². The van der Waals surface area contributed by atoms with Crippen molar-refractivity contribution in [2.45, 2.75) is 59.0 Å². The molecule has 4 nitrogen and oxygen atoms in total. The van der Waals surface area contributed by atoms with Crippen LogP contribution in [-0.4, -0.2) is 24.3 Å². The average Bonchev–Trinajstić information content (AvgIpc) is 3.11. The van der Waals surface area contributed by atoms with Crippen molar-refractivity contribution in [3.05, 3.63) is 35.8 Å². The fourth-order valence-electron chi connectivity index (χ4n) is 5.32. The summed E-state index contributed by atoms with van der Waals surface area (Å²) in [4.78, 5) is 12.4. The van der Waals surface area contributed by atoms with Crippen LogP contribution in [0.5, 0.6) is 0 Å². The van der Waals surface area contributed by atoms with E-state index in [-0.39, 0.29) is 22.7 Å². The Labute approximate surface area is 150 Å². The highest BCUT2D eigenvalue weighted by molar-refractivity contribution is 5.90. The van der Waals surface area contributed by atoms with Crippen LogP contribution in [0.3, 0.4) is 0 Å². The van der Waals surface area contributed by atoms with Gasteiger partial charge in [0, 0.05) is 11.0 Å². The molecule has 1 heterocycles. The van der Waals surface area contributed by atoms with Crippen molar-refractivity contribution in [1.82, 2.24) is 0 Å². The van der Waals surface area contributed by atoms with Gasteiger partial charge in [0.2, 0.25) is 0 Å². The van der Waals surface area contributed by atoms with Crippen LogP contribution in [0.4, 0.5) is 0 Å². The van der Waals surface area contributed by atoms with E-state index >= 15 is 0 Å². The molecule has 3 rings (SSSR count). The highest BCUT2D eigenvalue weighted by Gasteiger charge is 2.56. The van der Waals surface area contributed by atoms with E-state index in [1.807, 2.05) is 12.3 Å². The van der Waals surface area contributed by atoms with Crippen molar-refractivity contribution in [3.8, 4) is 0 Å². The summed E-state index contributed by atoms with van der Waals surface area (Å²) < 4.78 is 10.2. The van der Waals surface area contributed by atoms with E-state index in [0.29, 0.717) is 17.9 Å². The molecule has 0 radical (unpaired) electrons. The van der Waals surface area contributed by atoms with Crippen LogP contribution in [0.15, 0.2) is 34.7 Å². The Balaban J connectivity index is 1.93. The Morgan fingerprint density at radius 1 is 1.44 bits per heavy atom. The average molecular weight is 346 g/mol. The van der Waals surface area contributed by atoms with Crippen LogP contribution >= 0.6 is 0 Å². The van der Waals surface area contributed by atoms with E-state index in [9.17, 15) is 9.90 Å². The normalized spacial score (nSPS) is 38.0. The molecule has 1 saturated carbocycles. The van der Waals surface area contributed by atoms with Gasteiger partial charge in [-0.3, -0.25) is 0 Å². The third kappa shape index (κ3) is 3.05. The predicted octanol–water partition coefficient (Wildman–Crippen LogP) is 4.13. The number of hydrogen-bond donors (Lipinski definition) is 1. The molecule has 0 amide bonds. The lowest BCUT2D eigenvalue weighted by Crippen LogP contribution is -2.53. The Morgan fingerprint density at radius 2 is 2.20 bits per heavy atom. The third-order valence-corrected chi connectivity index (χ3v) is 7.18. The Hall–Kier alpha value is -1.55. The summed E-state index contributed by atoms with van der Waals surface area (Å²) in [7, 11) is 1.42. The summed E-state index contributed by atoms with van der Waals surface area (Å²) in [6.45, 7) is 6.85. The van der Waals surface area contributed by atoms with E-state index in [1.54, 1.807) is 12.3 Å². The van der Waals surface area contributed by atoms with Gasteiger partial charge in [-0.15, -0.1) is 0 Å². The molecular formula is C21H30O4. The minimum Gasteiger partial charge on any atom is -0.472 e. The first-order valence-electron chi connectivity index (χ1n) is 9.31. The maximum absolute atomic E-state index is 12.4. The lowest BCUT2D eigenvalue weighted by molar-refractivity contribution is -0.141. The number of rotatable bonds is 4. The van der Waals surface area contributed by atoms with E-state index in [0.717, 1.165) is 25.7 Å².